The smallest absolute Gasteiger partial charge is 0.216 e. The molecule has 0 bridgehead atoms. The molecule has 705 valence electrons. The molecule has 21 aromatic rings. The summed E-state index contributed by atoms with van der Waals surface area (Å²) in [5.41, 5.74) is 13.7. The fraction of sp³-hybridized carbons (Fsp3) is 0.208. The van der Waals surface area contributed by atoms with Crippen LogP contribution < -0.4 is 0 Å². The van der Waals surface area contributed by atoms with Crippen molar-refractivity contribution >= 4 is 66.2 Å². The van der Waals surface area contributed by atoms with Gasteiger partial charge in [0.1, 0.15) is 0 Å². The molecule has 0 amide bonds. The number of aryl methyl sites for hydroxylation is 8. The molecule has 0 N–H and O–H groups in total. The molecule has 12 nitrogen and oxygen atoms in total. The number of furan rings is 3. The zero-order chi connectivity index (χ0) is 119. The summed E-state index contributed by atoms with van der Waals surface area (Å²) in [7, 11) is 0. The summed E-state index contributed by atoms with van der Waals surface area (Å²) in [6.07, 6.45) is 13.2. The summed E-state index contributed by atoms with van der Waals surface area (Å²) in [6.45, 7) is -18.8. The maximum atomic E-state index is 9.46. The van der Waals surface area contributed by atoms with E-state index in [9.17, 15) is 4.11 Å². The van der Waals surface area contributed by atoms with Crippen LogP contribution in [0.5, 0.6) is 0 Å². The number of fused-ring (bicyclic) bond motifs is 9. The van der Waals surface area contributed by atoms with Crippen molar-refractivity contribution in [2.24, 2.45) is 0 Å². The Labute approximate surface area is 904 Å². The molecule has 24 rings (SSSR count). The van der Waals surface area contributed by atoms with Gasteiger partial charge in [-0.2, -0.15) is 0 Å². The molecule has 9 aromatic carbocycles. The number of nitrogens with zero attached hydrogens (tertiary/aromatic N) is 9. The van der Waals surface area contributed by atoms with Crippen LogP contribution in [0.15, 0.2) is 348 Å². The Bertz CT molecular complexity index is 8290. The first-order valence-electron chi connectivity index (χ1n) is 60.2. The maximum absolute atomic E-state index is 9.46. The third kappa shape index (κ3) is 23.5. The van der Waals surface area contributed by atoms with Crippen molar-refractivity contribution in [2.45, 2.75) is 167 Å². The Balaban J connectivity index is 0.000000149. The van der Waals surface area contributed by atoms with Crippen LogP contribution in [0.4, 0.5) is 0 Å². The Morgan fingerprint density at radius 2 is 0.600 bits per heavy atom. The number of pyridine rings is 9. The normalized spacial score (nSPS) is 22.9. The molecular weight excluding hydrogens is 2250 g/mol. The molecule has 3 radical (unpaired) electrons. The van der Waals surface area contributed by atoms with Gasteiger partial charge in [-0.15, -0.1) is 162 Å². The van der Waals surface area contributed by atoms with Crippen LogP contribution in [0.1, 0.15) is 232 Å². The molecule has 0 spiro atoms. The topological polar surface area (TPSA) is 155 Å². The molecule has 3 aliphatic rings. The van der Waals surface area contributed by atoms with Crippen LogP contribution in [0.25, 0.3) is 134 Å². The van der Waals surface area contributed by atoms with Crippen LogP contribution in [-0.4, -0.2) is 44.9 Å². The van der Waals surface area contributed by atoms with Gasteiger partial charge in [0, 0.05) is 172 Å². The molecule has 0 atom stereocenters. The zero-order valence-corrected chi connectivity index (χ0v) is 82.7. The first kappa shape index (κ1) is 67.9. The summed E-state index contributed by atoms with van der Waals surface area (Å²) in [4.78, 5) is 38.6. The molecule has 3 fully saturated rings. The third-order valence-electron chi connectivity index (χ3n) is 24.6. The average Bonchev–Trinajstić information content (AvgIpc) is 1.57. The van der Waals surface area contributed by atoms with Crippen molar-refractivity contribution in [3.8, 4) is 67.5 Å². The largest absolute Gasteiger partial charge is 0.486 e. The van der Waals surface area contributed by atoms with E-state index in [-0.39, 0.29) is 117 Å². The molecule has 0 saturated heterocycles. The summed E-state index contributed by atoms with van der Waals surface area (Å²) in [5.74, 6) is -6.18. The second-order valence-electron chi connectivity index (χ2n) is 33.2. The van der Waals surface area contributed by atoms with E-state index < -0.39 is 90.2 Å². The molecule has 3 saturated carbocycles. The van der Waals surface area contributed by atoms with Gasteiger partial charge in [0.15, 0.2) is 0 Å². The van der Waals surface area contributed by atoms with E-state index in [1.54, 1.807) is 116 Å². The van der Waals surface area contributed by atoms with Gasteiger partial charge in [-0.25, -0.2) is 15.0 Å². The Kier molecular flexibility index (Phi) is 22.8. The minimum atomic E-state index is -2.48. The van der Waals surface area contributed by atoms with E-state index in [4.69, 9.17) is 50.3 Å². The van der Waals surface area contributed by atoms with Crippen LogP contribution >= 0.6 is 0 Å². The van der Waals surface area contributed by atoms with Crippen molar-refractivity contribution in [3.05, 3.63) is 449 Å². The van der Waals surface area contributed by atoms with Gasteiger partial charge < -0.3 is 43.2 Å². The van der Waals surface area contributed by atoms with Gasteiger partial charge in [0.2, 0.25) is 17.1 Å². The Hall–Kier alpha value is -13.3. The summed E-state index contributed by atoms with van der Waals surface area (Å²) in [5, 5.41) is 4.00. The standard InChI is InChI=1S/3C30H27N2O.2C12H10N.C11H8N.3Ir/c3*1-19-18-31-28(17-27(19)23-14-12-22(13-15-23)21-7-4-3-5-8-21)26-10-6-9-24-25-16-11-20(2)32-30(25)33-29(24)26;1-10-5-7-11(8-6-10)12-4-2-3-9-13-12;1-10-7-8-12(13-9-10)11-5-3-2-4-6-11;1-2-6-10(7-3-1)11-8-4-5-9-12-11;;;/h3*3-9,11,16-18,22-23H,12-15H2,1-2H3;2-7,9H,1H3;2-5,7-9H,1H3;1-6,8-9H;;;/q6*-1;;;/i3*1D3,2D3,22D,23D;2*1D3;;;;. The molecule has 15 heteroatoms. The second-order valence-corrected chi connectivity index (χ2v) is 33.2. The van der Waals surface area contributed by atoms with Crippen molar-refractivity contribution in [3.63, 3.8) is 0 Å². The molecular formula is C125H109Ir3N9O3-6. The zero-order valence-electron chi connectivity index (χ0n) is 105. The van der Waals surface area contributed by atoms with Gasteiger partial charge in [-0.1, -0.05) is 185 Å². The van der Waals surface area contributed by atoms with Gasteiger partial charge in [-0.05, 0) is 299 Å². The van der Waals surface area contributed by atoms with E-state index >= 15 is 0 Å². The van der Waals surface area contributed by atoms with Crippen molar-refractivity contribution in [1.82, 2.24) is 44.9 Å². The molecule has 3 aliphatic carbocycles. The first-order chi connectivity index (χ1) is 79.0. The quantitative estimate of drug-likeness (QED) is 0.107. The van der Waals surface area contributed by atoms with Gasteiger partial charge in [0.05, 0.1) is 16.7 Å². The fourth-order valence-electron chi connectivity index (χ4n) is 17.6. The van der Waals surface area contributed by atoms with Crippen LogP contribution in [0.3, 0.4) is 0 Å². The van der Waals surface area contributed by atoms with Crippen LogP contribution in [0, 0.1) is 91.2 Å². The Morgan fingerprint density at radius 3 is 0.907 bits per heavy atom. The monoisotopic (exact) mass is 2390 g/mol. The molecule has 12 heterocycles. The van der Waals surface area contributed by atoms with E-state index in [1.165, 1.54) is 49.1 Å². The maximum Gasteiger partial charge on any atom is 0.216 e. The molecule has 0 aliphatic heterocycles. The number of aromatic nitrogens is 9. The average molecular weight is 2390 g/mol. The first-order valence-corrected chi connectivity index (χ1v) is 45.2. The molecule has 0 unspecified atom stereocenters. The van der Waals surface area contributed by atoms with E-state index in [1.807, 2.05) is 170 Å². The number of hydrogen-bond acceptors (Lipinski definition) is 12. The summed E-state index contributed by atoms with van der Waals surface area (Å²) in [6, 6.07) is 107. The van der Waals surface area contributed by atoms with Gasteiger partial charge in [0.25, 0.3) is 0 Å². The minimum Gasteiger partial charge on any atom is -0.486 e. The van der Waals surface area contributed by atoms with E-state index in [0.717, 1.165) is 50.5 Å². The van der Waals surface area contributed by atoms with Crippen LogP contribution in [0.2, 0.25) is 0 Å². The fourth-order valence-corrected chi connectivity index (χ4v) is 17.6. The van der Waals surface area contributed by atoms with E-state index in [2.05, 4.69) is 81.3 Å². The predicted molar refractivity (Wildman–Crippen MR) is 555 cm³/mol. The van der Waals surface area contributed by atoms with Crippen molar-refractivity contribution in [1.29, 1.82) is 0 Å². The predicted octanol–water partition coefficient (Wildman–Crippen LogP) is 32.0. The van der Waals surface area contributed by atoms with Crippen LogP contribution in [-0.2, 0) is 60.3 Å². The number of benzene rings is 9. The summed E-state index contributed by atoms with van der Waals surface area (Å²) >= 11 is 0. The SMILES string of the molecule is [2H]C([2H])([2H])c1c[c-]c(-c2ccccn2)cc1.[2H]C([2H])([2H])c1ccc(-c2[c-]cccc2)nc1.[2H]C([2H])([2H])c1ccc2c(n1)oc1c(-c3cc(C4([2H])CCC([2H])(c5ccccc5)CC4)c(C([2H])([2H])[2H])cn3)[c-]ccc12.[2H]C([2H])([2H])c1ccc2c(n1)oc1c(-c3cc(C4([2H])CCC([2H])(c5ccccc5)CC4)c(C([2H])([2H])[2H])cn3)[c-]ccc12.[2H]C([2H])([2H])c1ccc2c(n1)oc1c(-c3cc(C4([2H])CCC([2H])(c5ccccc5)CC4)c(C([2H])([2H])[2H])cn3)[c-]ccc12.[Ir].[Ir].[Ir].[c-]1ccccc1-c1ccccn1. The van der Waals surface area contributed by atoms with Crippen molar-refractivity contribution in [2.75, 3.05) is 0 Å². The Morgan fingerprint density at radius 1 is 0.264 bits per heavy atom. The van der Waals surface area contributed by atoms with E-state index in [0.29, 0.717) is 182 Å². The third-order valence-corrected chi connectivity index (χ3v) is 24.6. The minimum absolute atomic E-state index is 0. The van der Waals surface area contributed by atoms with Gasteiger partial charge >= 0.3 is 0 Å². The summed E-state index contributed by atoms with van der Waals surface area (Å²) < 4.78 is 260. The second kappa shape index (κ2) is 47.1. The number of hydrogen-bond donors (Lipinski definition) is 0. The van der Waals surface area contributed by atoms with Crippen molar-refractivity contribution < 1.29 is 115 Å². The molecule has 140 heavy (non-hydrogen) atoms. The number of rotatable bonds is 12. The van der Waals surface area contributed by atoms with Gasteiger partial charge in [-0.3, -0.25) is 0 Å². The molecule has 12 aromatic heterocycles.